The van der Waals surface area contributed by atoms with E-state index in [0.29, 0.717) is 5.82 Å². The fraction of sp³-hybridized carbons (Fsp3) is 0.0606. The van der Waals surface area contributed by atoms with Gasteiger partial charge in [-0.25, -0.2) is 4.68 Å². The molecule has 0 aliphatic heterocycles. The molecule has 0 fully saturated rings. The van der Waals surface area contributed by atoms with Crippen LogP contribution in [0.1, 0.15) is 26.0 Å². The van der Waals surface area contributed by atoms with Crippen LogP contribution in [0.25, 0.3) is 22.5 Å². The summed E-state index contributed by atoms with van der Waals surface area (Å²) in [6.45, 7) is 0. The van der Waals surface area contributed by atoms with E-state index in [1.54, 1.807) is 0 Å². The minimum atomic E-state index is -0.807. The normalized spacial score (nSPS) is 11.6. The molecule has 6 rings (SSSR count). The number of benzene rings is 5. The number of hydrogen-bond donors (Lipinski definition) is 0. The van der Waals surface area contributed by atoms with E-state index in [1.807, 2.05) is 28.9 Å². The van der Waals surface area contributed by atoms with E-state index in [0.717, 1.165) is 38.9 Å². The number of alkyl halides is 2. The molecular formula is C33H24Br2N4. The summed E-state index contributed by atoms with van der Waals surface area (Å²) in [6.07, 6.45) is 0. The van der Waals surface area contributed by atoms with Gasteiger partial charge < -0.3 is 0 Å². The van der Waals surface area contributed by atoms with Gasteiger partial charge in [-0.2, -0.15) is 0 Å². The van der Waals surface area contributed by atoms with Crippen LogP contribution in [0.2, 0.25) is 0 Å². The Morgan fingerprint density at radius 1 is 0.538 bits per heavy atom. The third-order valence-electron chi connectivity index (χ3n) is 7.00. The summed E-state index contributed by atoms with van der Waals surface area (Å²) in [5.74, 6) is 0.685. The fourth-order valence-electron chi connectivity index (χ4n) is 5.22. The topological polar surface area (TPSA) is 43.6 Å². The maximum atomic E-state index is 4.71. The first kappa shape index (κ1) is 25.4. The molecule has 0 unspecified atom stereocenters. The van der Waals surface area contributed by atoms with Crippen LogP contribution >= 0.6 is 31.9 Å². The molecule has 190 valence electrons. The number of hydrogen-bond acceptors (Lipinski definition) is 3. The van der Waals surface area contributed by atoms with Crippen LogP contribution in [-0.4, -0.2) is 20.2 Å². The third kappa shape index (κ3) is 4.64. The van der Waals surface area contributed by atoms with Crippen molar-refractivity contribution in [1.29, 1.82) is 0 Å². The highest BCUT2D eigenvalue weighted by molar-refractivity contribution is 9.24. The van der Waals surface area contributed by atoms with Crippen molar-refractivity contribution in [3.63, 3.8) is 0 Å². The minimum absolute atomic E-state index is 0.102. The Morgan fingerprint density at radius 2 is 1.00 bits per heavy atom. The van der Waals surface area contributed by atoms with Gasteiger partial charge in [-0.15, -0.1) is 5.10 Å². The highest BCUT2D eigenvalue weighted by atomic mass is 79.9. The third-order valence-corrected chi connectivity index (χ3v) is 8.06. The Hall–Kier alpha value is -3.87. The zero-order chi connectivity index (χ0) is 26.7. The van der Waals surface area contributed by atoms with Crippen LogP contribution in [0.3, 0.4) is 0 Å². The zero-order valence-corrected chi connectivity index (χ0v) is 24.1. The molecule has 1 aromatic heterocycles. The molecular weight excluding hydrogens is 612 g/mol. The standard InChI is InChI=1S/C33H24Br2N4/c34-31(35)25-22-20-24(21-23-25)29-18-10-11-19-30(29)32-36-37-38-39(32)33(26-12-4-1-5-13-26,27-14-6-2-7-15-27)28-16-8-3-9-17-28/h1-23,31H. The van der Waals surface area contributed by atoms with E-state index in [9.17, 15) is 0 Å². The lowest BCUT2D eigenvalue weighted by Gasteiger charge is -2.36. The summed E-state index contributed by atoms with van der Waals surface area (Å²) in [7, 11) is 0. The van der Waals surface area contributed by atoms with E-state index in [1.165, 1.54) is 0 Å². The Labute approximate surface area is 244 Å². The van der Waals surface area contributed by atoms with E-state index in [-0.39, 0.29) is 3.74 Å². The Kier molecular flexibility index (Phi) is 7.22. The minimum Gasteiger partial charge on any atom is -0.205 e. The summed E-state index contributed by atoms with van der Waals surface area (Å²) in [5, 5.41) is 13.6. The molecule has 0 N–H and O–H groups in total. The maximum Gasteiger partial charge on any atom is 0.184 e. The second-order valence-electron chi connectivity index (χ2n) is 9.19. The number of tetrazole rings is 1. The van der Waals surface area contributed by atoms with Crippen molar-refractivity contribution in [3.8, 4) is 22.5 Å². The van der Waals surface area contributed by atoms with E-state index in [4.69, 9.17) is 5.21 Å². The SMILES string of the molecule is BrC(Br)c1ccc(-c2ccccc2-c2nnnn2C(c2ccccc2)(c2ccccc2)c2ccccc2)cc1. The van der Waals surface area contributed by atoms with Crippen LogP contribution in [0.4, 0.5) is 0 Å². The zero-order valence-electron chi connectivity index (χ0n) is 20.9. The van der Waals surface area contributed by atoms with Gasteiger partial charge in [-0.05, 0) is 43.8 Å². The summed E-state index contributed by atoms with van der Waals surface area (Å²) in [6, 6.07) is 48.2. The molecule has 0 saturated carbocycles. The molecule has 0 saturated heterocycles. The van der Waals surface area contributed by atoms with Crippen LogP contribution in [0, 0.1) is 0 Å². The molecule has 0 aliphatic carbocycles. The second kappa shape index (κ2) is 11.1. The van der Waals surface area contributed by atoms with Crippen LogP contribution in [0.15, 0.2) is 140 Å². The van der Waals surface area contributed by atoms with Gasteiger partial charge in [0.2, 0.25) is 0 Å². The smallest absolute Gasteiger partial charge is 0.184 e. The monoisotopic (exact) mass is 634 g/mol. The van der Waals surface area contributed by atoms with Crippen molar-refractivity contribution in [2.75, 3.05) is 0 Å². The molecule has 1 heterocycles. The first-order valence-corrected chi connectivity index (χ1v) is 14.5. The summed E-state index contributed by atoms with van der Waals surface area (Å²) >= 11 is 7.19. The first-order chi connectivity index (χ1) is 19.2. The maximum absolute atomic E-state index is 4.71. The molecule has 39 heavy (non-hydrogen) atoms. The van der Waals surface area contributed by atoms with Crippen LogP contribution in [0.5, 0.6) is 0 Å². The van der Waals surface area contributed by atoms with Crippen molar-refractivity contribution in [1.82, 2.24) is 20.2 Å². The van der Waals surface area contributed by atoms with Gasteiger partial charge in [0.05, 0.1) is 3.74 Å². The average molecular weight is 636 g/mol. The quantitative estimate of drug-likeness (QED) is 0.130. The van der Waals surface area contributed by atoms with E-state index >= 15 is 0 Å². The van der Waals surface area contributed by atoms with Gasteiger partial charge in [-0.3, -0.25) is 0 Å². The Balaban J connectivity index is 1.64. The van der Waals surface area contributed by atoms with Gasteiger partial charge in [-0.1, -0.05) is 171 Å². The molecule has 5 aromatic carbocycles. The molecule has 0 radical (unpaired) electrons. The number of nitrogens with zero attached hydrogens (tertiary/aromatic N) is 4. The second-order valence-corrected chi connectivity index (χ2v) is 12.3. The van der Waals surface area contributed by atoms with Gasteiger partial charge in [0.15, 0.2) is 5.82 Å². The van der Waals surface area contributed by atoms with Crippen molar-refractivity contribution >= 4 is 31.9 Å². The molecule has 0 bridgehead atoms. The number of rotatable bonds is 7. The average Bonchev–Trinajstić information content (AvgIpc) is 3.49. The van der Waals surface area contributed by atoms with Crippen molar-refractivity contribution in [2.45, 2.75) is 9.28 Å². The molecule has 6 heteroatoms. The summed E-state index contributed by atoms with van der Waals surface area (Å²) in [5.41, 5.74) is 6.65. The molecule has 0 atom stereocenters. The van der Waals surface area contributed by atoms with Crippen LogP contribution < -0.4 is 0 Å². The van der Waals surface area contributed by atoms with Gasteiger partial charge in [0.25, 0.3) is 0 Å². The molecule has 6 aromatic rings. The summed E-state index contributed by atoms with van der Waals surface area (Å²) < 4.78 is 2.08. The Morgan fingerprint density at radius 3 is 1.49 bits per heavy atom. The summed E-state index contributed by atoms with van der Waals surface area (Å²) in [4.78, 5) is 0. The van der Waals surface area contributed by atoms with E-state index in [2.05, 4.69) is 157 Å². The van der Waals surface area contributed by atoms with Crippen molar-refractivity contribution in [2.24, 2.45) is 0 Å². The van der Waals surface area contributed by atoms with Gasteiger partial charge >= 0.3 is 0 Å². The highest BCUT2D eigenvalue weighted by Crippen LogP contribution is 2.43. The van der Waals surface area contributed by atoms with Gasteiger partial charge in [0, 0.05) is 5.56 Å². The largest absolute Gasteiger partial charge is 0.205 e. The number of aromatic nitrogens is 4. The lowest BCUT2D eigenvalue weighted by Crippen LogP contribution is -2.39. The van der Waals surface area contributed by atoms with Gasteiger partial charge in [0.1, 0.15) is 5.54 Å². The first-order valence-electron chi connectivity index (χ1n) is 12.6. The molecule has 0 aliphatic rings. The highest BCUT2D eigenvalue weighted by Gasteiger charge is 2.42. The molecule has 4 nitrogen and oxygen atoms in total. The molecule has 0 spiro atoms. The van der Waals surface area contributed by atoms with Crippen molar-refractivity contribution < 1.29 is 0 Å². The fourth-order valence-corrected chi connectivity index (χ4v) is 5.83. The van der Waals surface area contributed by atoms with Crippen molar-refractivity contribution in [3.05, 3.63) is 162 Å². The predicted molar refractivity (Wildman–Crippen MR) is 164 cm³/mol. The molecule has 0 amide bonds. The van der Waals surface area contributed by atoms with Crippen LogP contribution in [-0.2, 0) is 5.54 Å². The lowest BCUT2D eigenvalue weighted by molar-refractivity contribution is 0.451. The lowest BCUT2D eigenvalue weighted by atomic mass is 9.77. The number of halogens is 2. The predicted octanol–water partition coefficient (Wildman–Crippen LogP) is 8.64. The van der Waals surface area contributed by atoms with E-state index < -0.39 is 5.54 Å². The Bertz CT molecular complexity index is 1570.